The van der Waals surface area contributed by atoms with E-state index in [-0.39, 0.29) is 18.3 Å². The fraction of sp³-hybridized carbons (Fsp3) is 0.200. The first-order valence-corrected chi connectivity index (χ1v) is 8.84. The van der Waals surface area contributed by atoms with Crippen LogP contribution in [0.1, 0.15) is 18.1 Å². The molecule has 2 aromatic rings. The van der Waals surface area contributed by atoms with Gasteiger partial charge in [0.25, 0.3) is 5.91 Å². The predicted octanol–water partition coefficient (Wildman–Crippen LogP) is 3.49. The summed E-state index contributed by atoms with van der Waals surface area (Å²) in [7, 11) is 1.61. The van der Waals surface area contributed by atoms with Crippen LogP contribution in [-0.2, 0) is 11.4 Å². The van der Waals surface area contributed by atoms with Crippen LogP contribution in [0.4, 0.5) is 4.39 Å². The summed E-state index contributed by atoms with van der Waals surface area (Å²) >= 11 is 5.07. The summed E-state index contributed by atoms with van der Waals surface area (Å²) in [5, 5.41) is 3.24. The van der Waals surface area contributed by atoms with Crippen molar-refractivity contribution >= 4 is 29.3 Å². The first-order chi connectivity index (χ1) is 13.0. The Morgan fingerprint density at radius 1 is 1.19 bits per heavy atom. The Morgan fingerprint density at radius 3 is 2.63 bits per heavy atom. The third kappa shape index (κ3) is 4.25. The lowest BCUT2D eigenvalue weighted by atomic mass is 10.1. The van der Waals surface area contributed by atoms with Crippen molar-refractivity contribution in [2.75, 3.05) is 13.7 Å². The molecule has 0 aliphatic carbocycles. The van der Waals surface area contributed by atoms with Crippen LogP contribution >= 0.6 is 12.2 Å². The average Bonchev–Trinajstić information content (AvgIpc) is 2.89. The SMILES string of the molecule is CCOc1cc(/C=C2\NC(=S)N(C)C2=O)ccc1OCc1ccccc1F. The minimum atomic E-state index is -0.317. The average molecular weight is 386 g/mol. The second kappa shape index (κ2) is 8.18. The molecule has 27 heavy (non-hydrogen) atoms. The molecule has 1 N–H and O–H groups in total. The van der Waals surface area contributed by atoms with E-state index < -0.39 is 0 Å². The monoisotopic (exact) mass is 386 g/mol. The maximum atomic E-state index is 13.8. The molecule has 0 unspecified atom stereocenters. The quantitative estimate of drug-likeness (QED) is 0.608. The molecule has 0 saturated carbocycles. The number of nitrogens with one attached hydrogen (secondary N) is 1. The second-order valence-electron chi connectivity index (χ2n) is 5.87. The maximum absolute atomic E-state index is 13.8. The number of hydrogen-bond acceptors (Lipinski definition) is 4. The Balaban J connectivity index is 1.81. The van der Waals surface area contributed by atoms with Gasteiger partial charge in [0.1, 0.15) is 18.1 Å². The van der Waals surface area contributed by atoms with Gasteiger partial charge in [-0.2, -0.15) is 0 Å². The molecule has 3 rings (SSSR count). The minimum Gasteiger partial charge on any atom is -0.490 e. The smallest absolute Gasteiger partial charge is 0.276 e. The molecular weight excluding hydrogens is 367 g/mol. The minimum absolute atomic E-state index is 0.0896. The van der Waals surface area contributed by atoms with Crippen LogP contribution < -0.4 is 14.8 Å². The summed E-state index contributed by atoms with van der Waals surface area (Å²) in [6, 6.07) is 11.8. The van der Waals surface area contributed by atoms with E-state index in [9.17, 15) is 9.18 Å². The van der Waals surface area contributed by atoms with Crippen molar-refractivity contribution in [2.24, 2.45) is 0 Å². The van der Waals surface area contributed by atoms with E-state index in [2.05, 4.69) is 5.32 Å². The number of carbonyl (C=O) groups is 1. The van der Waals surface area contributed by atoms with Crippen LogP contribution in [0, 0.1) is 5.82 Å². The summed E-state index contributed by atoms with van der Waals surface area (Å²) in [6.07, 6.45) is 1.70. The topological polar surface area (TPSA) is 50.8 Å². The highest BCUT2D eigenvalue weighted by atomic mass is 32.1. The van der Waals surface area contributed by atoms with E-state index >= 15 is 0 Å². The first kappa shape index (κ1) is 18.8. The zero-order valence-electron chi connectivity index (χ0n) is 15.0. The molecule has 0 bridgehead atoms. The Kier molecular flexibility index (Phi) is 5.71. The van der Waals surface area contributed by atoms with Gasteiger partial charge >= 0.3 is 0 Å². The van der Waals surface area contributed by atoms with Crippen LogP contribution in [0.25, 0.3) is 6.08 Å². The Hall–Kier alpha value is -2.93. The molecule has 1 fully saturated rings. The summed E-state index contributed by atoms with van der Waals surface area (Å²) in [6.45, 7) is 2.40. The van der Waals surface area contributed by atoms with Crippen molar-refractivity contribution in [2.45, 2.75) is 13.5 Å². The van der Waals surface area contributed by atoms with E-state index in [1.165, 1.54) is 11.0 Å². The Labute approximate surface area is 162 Å². The molecule has 0 radical (unpaired) electrons. The fourth-order valence-electron chi connectivity index (χ4n) is 2.56. The van der Waals surface area contributed by atoms with Crippen molar-refractivity contribution in [3.63, 3.8) is 0 Å². The van der Waals surface area contributed by atoms with Gasteiger partial charge in [-0.15, -0.1) is 0 Å². The van der Waals surface area contributed by atoms with Gasteiger partial charge in [-0.05, 0) is 49.0 Å². The van der Waals surface area contributed by atoms with Crippen molar-refractivity contribution in [1.82, 2.24) is 10.2 Å². The number of ether oxygens (including phenoxy) is 2. The molecule has 0 aromatic heterocycles. The summed E-state index contributed by atoms with van der Waals surface area (Å²) in [4.78, 5) is 13.5. The van der Waals surface area contributed by atoms with Crippen LogP contribution in [-0.4, -0.2) is 29.6 Å². The predicted molar refractivity (Wildman–Crippen MR) is 105 cm³/mol. The van der Waals surface area contributed by atoms with Crippen LogP contribution in [0.3, 0.4) is 0 Å². The fourth-order valence-corrected chi connectivity index (χ4v) is 2.76. The van der Waals surface area contributed by atoms with Crippen LogP contribution in [0.2, 0.25) is 0 Å². The molecule has 5 nitrogen and oxygen atoms in total. The largest absolute Gasteiger partial charge is 0.490 e. The maximum Gasteiger partial charge on any atom is 0.276 e. The molecular formula is C20H19FN2O3S. The van der Waals surface area contributed by atoms with Crippen LogP contribution in [0.15, 0.2) is 48.2 Å². The molecule has 140 valence electrons. The van der Waals surface area contributed by atoms with E-state index in [4.69, 9.17) is 21.7 Å². The molecule has 1 heterocycles. The van der Waals surface area contributed by atoms with E-state index in [1.54, 1.807) is 49.5 Å². The van der Waals surface area contributed by atoms with Gasteiger partial charge in [0.05, 0.1) is 6.61 Å². The van der Waals surface area contributed by atoms with Gasteiger partial charge < -0.3 is 14.8 Å². The number of halogens is 1. The molecule has 1 aliphatic rings. The number of thiocarbonyl (C=S) groups is 1. The highest BCUT2D eigenvalue weighted by molar-refractivity contribution is 7.80. The lowest BCUT2D eigenvalue weighted by Crippen LogP contribution is -2.25. The van der Waals surface area contributed by atoms with E-state index in [1.807, 2.05) is 6.92 Å². The van der Waals surface area contributed by atoms with Crippen molar-refractivity contribution in [1.29, 1.82) is 0 Å². The van der Waals surface area contributed by atoms with Gasteiger partial charge in [0.15, 0.2) is 16.6 Å². The number of carbonyl (C=O) groups excluding carboxylic acids is 1. The molecule has 1 saturated heterocycles. The molecule has 1 amide bonds. The Morgan fingerprint density at radius 2 is 1.96 bits per heavy atom. The third-order valence-electron chi connectivity index (χ3n) is 4.00. The van der Waals surface area contributed by atoms with Crippen LogP contribution in [0.5, 0.6) is 11.5 Å². The highest BCUT2D eigenvalue weighted by Gasteiger charge is 2.27. The molecule has 1 aliphatic heterocycles. The van der Waals surface area contributed by atoms with E-state index in [0.717, 1.165) is 5.56 Å². The number of likely N-dealkylation sites (N-methyl/N-ethyl adjacent to an activating group) is 1. The number of benzene rings is 2. The summed E-state index contributed by atoms with van der Waals surface area (Å²) < 4.78 is 25.1. The van der Waals surface area contributed by atoms with Crippen molar-refractivity contribution in [3.8, 4) is 11.5 Å². The molecule has 0 atom stereocenters. The van der Waals surface area contributed by atoms with Crippen molar-refractivity contribution in [3.05, 3.63) is 65.1 Å². The zero-order chi connectivity index (χ0) is 19.4. The summed E-state index contributed by atoms with van der Waals surface area (Å²) in [5.41, 5.74) is 1.61. The van der Waals surface area contributed by atoms with Crippen molar-refractivity contribution < 1.29 is 18.7 Å². The molecule has 7 heteroatoms. The standard InChI is InChI=1S/C20H19FN2O3S/c1-3-25-18-11-13(10-16-19(24)23(2)20(27)22-16)8-9-17(18)26-12-14-6-4-5-7-15(14)21/h4-11H,3,12H2,1-2H3,(H,22,27)/b16-10-. The third-order valence-corrected chi connectivity index (χ3v) is 4.38. The first-order valence-electron chi connectivity index (χ1n) is 8.43. The normalized spacial score (nSPS) is 15.2. The second-order valence-corrected chi connectivity index (χ2v) is 6.26. The van der Waals surface area contributed by atoms with E-state index in [0.29, 0.717) is 34.5 Å². The van der Waals surface area contributed by atoms with Gasteiger partial charge in [-0.25, -0.2) is 4.39 Å². The summed E-state index contributed by atoms with van der Waals surface area (Å²) in [5.74, 6) is 0.505. The number of amides is 1. The molecule has 2 aromatic carbocycles. The number of nitrogens with zero attached hydrogens (tertiary/aromatic N) is 1. The van der Waals surface area contributed by atoms with Gasteiger partial charge in [0, 0.05) is 12.6 Å². The Bertz CT molecular complexity index is 914. The van der Waals surface area contributed by atoms with Gasteiger partial charge in [0.2, 0.25) is 0 Å². The highest BCUT2D eigenvalue weighted by Crippen LogP contribution is 2.30. The van der Waals surface area contributed by atoms with Gasteiger partial charge in [-0.1, -0.05) is 24.3 Å². The number of hydrogen-bond donors (Lipinski definition) is 1. The van der Waals surface area contributed by atoms with Gasteiger partial charge in [-0.3, -0.25) is 9.69 Å². The zero-order valence-corrected chi connectivity index (χ0v) is 15.8. The lowest BCUT2D eigenvalue weighted by Gasteiger charge is -2.13. The molecule has 0 spiro atoms. The number of rotatable bonds is 6. The lowest BCUT2D eigenvalue weighted by molar-refractivity contribution is -0.121.